The first-order valence-corrected chi connectivity index (χ1v) is 24.1. The van der Waals surface area contributed by atoms with E-state index in [0.717, 1.165) is 12.0 Å². The van der Waals surface area contributed by atoms with E-state index in [9.17, 15) is 25.1 Å². The van der Waals surface area contributed by atoms with Crippen LogP contribution in [0.3, 0.4) is 0 Å². The molecule has 4 aliphatic rings. The van der Waals surface area contributed by atoms with Gasteiger partial charge in [-0.1, -0.05) is 36.2 Å². The number of nitrogens with one attached hydrogen (secondary N) is 1. The Bertz CT molecular complexity index is 2660. The highest BCUT2D eigenvalue weighted by Gasteiger charge is 2.66. The van der Waals surface area contributed by atoms with Crippen LogP contribution in [0.1, 0.15) is 68.9 Å². The molecule has 19 nitrogen and oxygen atoms in total. The van der Waals surface area contributed by atoms with Crippen LogP contribution in [-0.4, -0.2) is 97.2 Å². The van der Waals surface area contributed by atoms with Crippen molar-refractivity contribution in [1.82, 2.24) is 4.90 Å². The molecule has 0 spiro atoms. The third-order valence-electron chi connectivity index (χ3n) is 13.5. The van der Waals surface area contributed by atoms with Crippen molar-refractivity contribution in [3.05, 3.63) is 124 Å². The summed E-state index contributed by atoms with van der Waals surface area (Å²) in [6.45, 7) is 6.05. The molecule has 2 amide bonds. The van der Waals surface area contributed by atoms with Crippen LogP contribution in [0.5, 0.6) is 40.2 Å². The van der Waals surface area contributed by atoms with Gasteiger partial charge in [-0.25, -0.2) is 9.59 Å². The monoisotopic (exact) mass is 992 g/mol. The van der Waals surface area contributed by atoms with Crippen molar-refractivity contribution < 1.29 is 67.5 Å². The van der Waals surface area contributed by atoms with Gasteiger partial charge in [0.1, 0.15) is 41.4 Å². The predicted molar refractivity (Wildman–Crippen MR) is 263 cm³/mol. The fourth-order valence-corrected chi connectivity index (χ4v) is 10.3. The van der Waals surface area contributed by atoms with E-state index in [1.54, 1.807) is 54.6 Å². The molecule has 6 unspecified atom stereocenters. The number of carbonyl (C=O) groups excluding carboxylic acids is 2. The van der Waals surface area contributed by atoms with E-state index in [1.165, 1.54) is 43.4 Å². The number of methoxy groups -OCH3 is 2. The lowest BCUT2D eigenvalue weighted by molar-refractivity contribution is -0.384. The number of carbonyl (C=O) groups is 2. The molecular formula is C53H60N4O15. The van der Waals surface area contributed by atoms with Gasteiger partial charge in [-0.15, -0.1) is 6.58 Å². The lowest BCUT2D eigenvalue weighted by Gasteiger charge is -2.59. The van der Waals surface area contributed by atoms with Gasteiger partial charge in [0.25, 0.3) is 5.69 Å². The summed E-state index contributed by atoms with van der Waals surface area (Å²) in [7, 11) is 3.01. The van der Waals surface area contributed by atoms with E-state index in [4.69, 9.17) is 47.9 Å². The van der Waals surface area contributed by atoms with Gasteiger partial charge in [0.05, 0.1) is 43.1 Å². The number of allylic oxidation sites excluding steroid dienone is 1. The fraction of sp³-hybridized carbons (Fsp3) is 0.415. The van der Waals surface area contributed by atoms with Crippen LogP contribution in [0, 0.1) is 27.9 Å². The minimum Gasteiger partial charge on any atom is -0.497 e. The van der Waals surface area contributed by atoms with Crippen molar-refractivity contribution in [3.8, 4) is 40.2 Å². The molecule has 6 atom stereocenters. The molecule has 382 valence electrons. The number of fused-ring (bicyclic) bond motifs is 3. The summed E-state index contributed by atoms with van der Waals surface area (Å²) in [5.74, 6) is -0.467. The number of rotatable bonds is 22. The van der Waals surface area contributed by atoms with Crippen molar-refractivity contribution in [2.75, 3.05) is 52.8 Å². The van der Waals surface area contributed by atoms with Crippen molar-refractivity contribution >= 4 is 29.3 Å². The summed E-state index contributed by atoms with van der Waals surface area (Å²) >= 11 is 0. The summed E-state index contributed by atoms with van der Waals surface area (Å²) in [4.78, 5) is 47.3. The molecule has 3 N–H and O–H groups in total. The van der Waals surface area contributed by atoms with E-state index < -0.39 is 40.8 Å². The highest BCUT2D eigenvalue weighted by molar-refractivity contribution is 6.03. The third kappa shape index (κ3) is 10.9. The molecule has 1 saturated carbocycles. The van der Waals surface area contributed by atoms with Gasteiger partial charge in [0.2, 0.25) is 12.6 Å². The molecule has 2 heterocycles. The van der Waals surface area contributed by atoms with Crippen LogP contribution < -0.4 is 38.5 Å². The largest absolute Gasteiger partial charge is 0.497 e. The lowest BCUT2D eigenvalue weighted by Crippen LogP contribution is -2.70. The maximum Gasteiger partial charge on any atom is 0.417 e. The van der Waals surface area contributed by atoms with Gasteiger partial charge in [-0.3, -0.25) is 20.3 Å². The number of aliphatic hydroxyl groups is 2. The Labute approximate surface area is 417 Å². The molecule has 2 aliphatic heterocycles. The van der Waals surface area contributed by atoms with Crippen LogP contribution in [-0.2, 0) is 16.1 Å². The molecule has 19 heteroatoms. The molecule has 0 bridgehead atoms. The minimum atomic E-state index is -1.69. The predicted octanol–water partition coefficient (Wildman–Crippen LogP) is 9.31. The maximum absolute atomic E-state index is 15.1. The highest BCUT2D eigenvalue weighted by atomic mass is 16.7. The summed E-state index contributed by atoms with van der Waals surface area (Å²) < 4.78 is 48.7. The Hall–Kier alpha value is -7.35. The summed E-state index contributed by atoms with van der Waals surface area (Å²) in [5, 5.41) is 39.1. The van der Waals surface area contributed by atoms with Crippen molar-refractivity contribution in [2.24, 2.45) is 22.9 Å². The quantitative estimate of drug-likeness (QED) is 0.0288. The number of nitro benzene ring substituents is 1. The first kappa shape index (κ1) is 51.0. The normalized spacial score (nSPS) is 21.8. The number of non-ortho nitro benzene ring substituents is 1. The standard InChI is InChI=1S/C53H60N4O15/c1-5-25-68-53-48(56(31-33-13-21-45-47(26-33)67-32-66-45)52(61)71-36-16-14-35(15-17-36)57(62)63)30-43(55-69-6-2)40-27-34(11-7-9-23-58)39(12-8-10-24-59)49(50(40)53)41-28-38(19-22-44(41)72-53)70-51(60)54-42-20-18-37(64-3)29-46(42)65-4/h5,13-22,26-29,34,39,48-50,58-59H,1,6-12,23-25,30-32H2,2-4H3,(H,54,60). The van der Waals surface area contributed by atoms with Gasteiger partial charge in [0, 0.05) is 55.9 Å². The maximum atomic E-state index is 15.1. The van der Waals surface area contributed by atoms with Crippen molar-refractivity contribution in [2.45, 2.75) is 76.2 Å². The first-order chi connectivity index (χ1) is 35.0. The van der Waals surface area contributed by atoms with Crippen LogP contribution in [0.2, 0.25) is 0 Å². The fourth-order valence-electron chi connectivity index (χ4n) is 10.3. The minimum absolute atomic E-state index is 0.00578. The van der Waals surface area contributed by atoms with Gasteiger partial charge >= 0.3 is 12.2 Å². The highest BCUT2D eigenvalue weighted by Crippen LogP contribution is 2.62. The first-order valence-electron chi connectivity index (χ1n) is 24.1. The number of hydrogen-bond acceptors (Lipinski definition) is 16. The molecule has 0 aromatic heterocycles. The molecule has 0 saturated heterocycles. The van der Waals surface area contributed by atoms with Gasteiger partial charge in [0.15, 0.2) is 11.5 Å². The van der Waals surface area contributed by atoms with Gasteiger partial charge in [-0.2, -0.15) is 0 Å². The second-order valence-corrected chi connectivity index (χ2v) is 17.7. The number of oxime groups is 1. The zero-order valence-electron chi connectivity index (χ0n) is 40.5. The van der Waals surface area contributed by atoms with Crippen molar-refractivity contribution in [3.63, 3.8) is 0 Å². The molecular weight excluding hydrogens is 933 g/mol. The summed E-state index contributed by atoms with van der Waals surface area (Å²) in [5.41, 5.74) is 2.87. The zero-order valence-corrected chi connectivity index (χ0v) is 40.5. The van der Waals surface area contributed by atoms with E-state index >= 15 is 4.79 Å². The van der Waals surface area contributed by atoms with E-state index in [-0.39, 0.29) is 75.2 Å². The molecule has 8 rings (SSSR count). The average Bonchev–Trinajstić information content (AvgIpc) is 3.86. The van der Waals surface area contributed by atoms with Crippen LogP contribution in [0.25, 0.3) is 0 Å². The molecule has 0 radical (unpaired) electrons. The van der Waals surface area contributed by atoms with Gasteiger partial charge in [-0.05, 0) is 110 Å². The molecule has 72 heavy (non-hydrogen) atoms. The number of hydrogen-bond donors (Lipinski definition) is 3. The number of benzene rings is 4. The SMILES string of the molecule is C=CCOC12Oc3ccc(OC(=O)Nc4ccc(OC)cc4OC)cc3C3C(CCCCO)C(CCCCO)C=C(C(=NOCC)CC1N(Cc1ccc4c(c1)OCO4)C(=O)Oc1ccc([N+](=O)[O-])cc1)C32. The van der Waals surface area contributed by atoms with E-state index in [0.29, 0.717) is 83.4 Å². The Balaban J connectivity index is 1.29. The van der Waals surface area contributed by atoms with Crippen LogP contribution in [0.15, 0.2) is 108 Å². The van der Waals surface area contributed by atoms with Gasteiger partial charge < -0.3 is 52.9 Å². The number of anilines is 1. The number of amides is 2. The van der Waals surface area contributed by atoms with Crippen LogP contribution in [0.4, 0.5) is 21.0 Å². The second kappa shape index (κ2) is 23.3. The number of nitro groups is 1. The topological polar surface area (TPSA) is 228 Å². The average molecular weight is 993 g/mol. The third-order valence-corrected chi connectivity index (χ3v) is 13.5. The van der Waals surface area contributed by atoms with E-state index in [1.807, 2.05) is 13.0 Å². The lowest BCUT2D eigenvalue weighted by atomic mass is 9.55. The number of ether oxygens (including phenoxy) is 8. The Kier molecular flexibility index (Phi) is 16.5. The van der Waals surface area contributed by atoms with E-state index in [2.05, 4.69) is 18.0 Å². The zero-order chi connectivity index (χ0) is 50.8. The summed E-state index contributed by atoms with van der Waals surface area (Å²) in [6, 6.07) is 19.7. The number of aliphatic hydroxyl groups excluding tert-OH is 2. The van der Waals surface area contributed by atoms with Crippen LogP contribution >= 0.6 is 0 Å². The number of unbranched alkanes of at least 4 members (excludes halogenated alkanes) is 2. The van der Waals surface area contributed by atoms with Crippen molar-refractivity contribution in [1.29, 1.82) is 0 Å². The Morgan fingerprint density at radius 3 is 2.36 bits per heavy atom. The Morgan fingerprint density at radius 2 is 1.64 bits per heavy atom. The molecule has 4 aromatic rings. The number of nitrogens with zero attached hydrogens (tertiary/aromatic N) is 3. The summed E-state index contributed by atoms with van der Waals surface area (Å²) in [6.07, 6.45) is 6.16. The molecule has 1 fully saturated rings. The second-order valence-electron chi connectivity index (χ2n) is 17.7. The smallest absolute Gasteiger partial charge is 0.417 e. The molecule has 4 aromatic carbocycles. The Morgan fingerprint density at radius 1 is 0.903 bits per heavy atom. The molecule has 2 aliphatic carbocycles.